The number of carbonyl (C=O) groups is 3. The van der Waals surface area contributed by atoms with E-state index < -0.39 is 40.7 Å². The van der Waals surface area contributed by atoms with Gasteiger partial charge in [0.1, 0.15) is 6.04 Å². The second-order valence-electron chi connectivity index (χ2n) is 9.44. The number of non-ortho nitro benzene ring substituents is 1. The molecule has 3 aromatic carbocycles. The van der Waals surface area contributed by atoms with Gasteiger partial charge in [-0.1, -0.05) is 58.4 Å². The molecule has 37 heavy (non-hydrogen) atoms. The Bertz CT molecular complexity index is 1530. The molecular formula is C28H20BrN3O5. The number of benzene rings is 3. The molecule has 9 heteroatoms. The van der Waals surface area contributed by atoms with Crippen molar-refractivity contribution >= 4 is 51.0 Å². The summed E-state index contributed by atoms with van der Waals surface area (Å²) < 4.78 is 0.817. The van der Waals surface area contributed by atoms with Gasteiger partial charge in [-0.15, -0.1) is 0 Å². The predicted octanol–water partition coefficient (Wildman–Crippen LogP) is 5.06. The van der Waals surface area contributed by atoms with Gasteiger partial charge in [0.25, 0.3) is 5.69 Å². The van der Waals surface area contributed by atoms with Crippen molar-refractivity contribution < 1.29 is 19.3 Å². The van der Waals surface area contributed by atoms with Crippen LogP contribution in [0, 0.1) is 28.9 Å². The molecule has 0 N–H and O–H groups in total. The van der Waals surface area contributed by atoms with E-state index in [1.807, 2.05) is 35.2 Å². The molecule has 6 rings (SSSR count). The van der Waals surface area contributed by atoms with Gasteiger partial charge in [0.15, 0.2) is 5.78 Å². The minimum atomic E-state index is -0.942. The molecular weight excluding hydrogens is 538 g/mol. The molecule has 2 saturated heterocycles. The molecule has 0 saturated carbocycles. The van der Waals surface area contributed by atoms with Crippen molar-refractivity contribution in [1.82, 2.24) is 4.90 Å². The van der Waals surface area contributed by atoms with Crippen molar-refractivity contribution in [2.75, 3.05) is 4.90 Å². The second-order valence-corrected chi connectivity index (χ2v) is 10.4. The van der Waals surface area contributed by atoms with E-state index in [1.54, 1.807) is 37.4 Å². The van der Waals surface area contributed by atoms with E-state index in [0.717, 1.165) is 20.5 Å². The Labute approximate surface area is 220 Å². The maximum absolute atomic E-state index is 14.0. The Hall–Kier alpha value is -4.11. The number of ketones is 1. The van der Waals surface area contributed by atoms with Gasteiger partial charge in [0, 0.05) is 28.4 Å². The molecule has 3 heterocycles. The zero-order chi connectivity index (χ0) is 26.0. The van der Waals surface area contributed by atoms with Gasteiger partial charge < -0.3 is 4.90 Å². The maximum Gasteiger partial charge on any atom is 0.271 e. The summed E-state index contributed by atoms with van der Waals surface area (Å²) in [4.78, 5) is 55.7. The van der Waals surface area contributed by atoms with Crippen molar-refractivity contribution in [3.63, 3.8) is 0 Å². The highest BCUT2D eigenvalue weighted by atomic mass is 79.9. The average Bonchev–Trinajstić information content (AvgIpc) is 3.37. The number of aryl methyl sites for hydroxylation is 1. The molecule has 4 atom stereocenters. The molecule has 0 spiro atoms. The summed E-state index contributed by atoms with van der Waals surface area (Å²) in [6.45, 7) is 1.70. The molecule has 3 aliphatic heterocycles. The first-order valence-electron chi connectivity index (χ1n) is 11.7. The fourth-order valence-corrected chi connectivity index (χ4v) is 6.10. The lowest BCUT2D eigenvalue weighted by Gasteiger charge is -2.35. The molecule has 3 aromatic rings. The normalized spacial score (nSPS) is 23.6. The first-order valence-corrected chi connectivity index (χ1v) is 12.5. The van der Waals surface area contributed by atoms with Crippen molar-refractivity contribution in [3.05, 3.63) is 110 Å². The van der Waals surface area contributed by atoms with Crippen LogP contribution in [0.25, 0.3) is 6.08 Å². The van der Waals surface area contributed by atoms with E-state index in [0.29, 0.717) is 11.1 Å². The molecule has 0 radical (unpaired) electrons. The molecule has 184 valence electrons. The zero-order valence-electron chi connectivity index (χ0n) is 19.6. The van der Waals surface area contributed by atoms with Crippen LogP contribution in [-0.2, 0) is 9.59 Å². The third kappa shape index (κ3) is 3.45. The highest BCUT2D eigenvalue weighted by Crippen LogP contribution is 2.54. The lowest BCUT2D eigenvalue weighted by atomic mass is 9.83. The van der Waals surface area contributed by atoms with Gasteiger partial charge in [-0.3, -0.25) is 24.5 Å². The number of anilines is 1. The SMILES string of the molecule is Cc1ccc([N+](=O)[O-])cc1N1C(=O)[C@@H]2[C@H](C1=O)[C@H]1c3ccccc3C=CN1[C@@H]2C(=O)c1ccc(Br)cc1. The summed E-state index contributed by atoms with van der Waals surface area (Å²) in [7, 11) is 0. The number of hydrogen-bond acceptors (Lipinski definition) is 6. The van der Waals surface area contributed by atoms with Crippen molar-refractivity contribution in [1.29, 1.82) is 0 Å². The first kappa shape index (κ1) is 23.3. The third-order valence-electron chi connectivity index (χ3n) is 7.50. The van der Waals surface area contributed by atoms with Gasteiger partial charge in [-0.25, -0.2) is 4.90 Å². The minimum absolute atomic E-state index is 0.180. The summed E-state index contributed by atoms with van der Waals surface area (Å²) in [5, 5.41) is 11.4. The number of hydrogen-bond donors (Lipinski definition) is 0. The van der Waals surface area contributed by atoms with Crippen LogP contribution in [-0.4, -0.2) is 33.5 Å². The number of amides is 2. The highest BCUT2D eigenvalue weighted by molar-refractivity contribution is 9.10. The number of nitro benzene ring substituents is 1. The number of halogens is 1. The number of nitrogens with zero attached hydrogens (tertiary/aromatic N) is 3. The Kier molecular flexibility index (Phi) is 5.34. The predicted molar refractivity (Wildman–Crippen MR) is 140 cm³/mol. The monoisotopic (exact) mass is 557 g/mol. The quantitative estimate of drug-likeness (QED) is 0.192. The zero-order valence-corrected chi connectivity index (χ0v) is 21.2. The first-order chi connectivity index (χ1) is 17.8. The lowest BCUT2D eigenvalue weighted by molar-refractivity contribution is -0.384. The van der Waals surface area contributed by atoms with E-state index in [2.05, 4.69) is 15.9 Å². The number of carbonyl (C=O) groups excluding carboxylic acids is 3. The van der Waals surface area contributed by atoms with Gasteiger partial charge in [0.05, 0.1) is 28.5 Å². The Morgan fingerprint density at radius 3 is 2.41 bits per heavy atom. The van der Waals surface area contributed by atoms with E-state index in [1.165, 1.54) is 18.2 Å². The van der Waals surface area contributed by atoms with Crippen LogP contribution in [0.1, 0.15) is 33.1 Å². The number of rotatable bonds is 4. The second kappa shape index (κ2) is 8.48. The number of Topliss-reactive ketones (excluding diaryl/α,β-unsaturated/α-hetero) is 1. The van der Waals surface area contributed by atoms with E-state index in [4.69, 9.17) is 0 Å². The number of imide groups is 1. The van der Waals surface area contributed by atoms with Gasteiger partial charge in [-0.05, 0) is 41.8 Å². The number of nitro groups is 1. The Balaban J connectivity index is 1.51. The molecule has 2 amide bonds. The third-order valence-corrected chi connectivity index (χ3v) is 8.03. The minimum Gasteiger partial charge on any atom is -0.358 e. The van der Waals surface area contributed by atoms with Gasteiger partial charge in [-0.2, -0.15) is 0 Å². The van der Waals surface area contributed by atoms with Crippen LogP contribution >= 0.6 is 15.9 Å². The summed E-state index contributed by atoms with van der Waals surface area (Å²) in [6, 6.07) is 17.2. The number of fused-ring (bicyclic) bond motifs is 5. The van der Waals surface area contributed by atoms with Crippen molar-refractivity contribution in [3.8, 4) is 0 Å². The summed E-state index contributed by atoms with van der Waals surface area (Å²) in [5.74, 6) is -2.99. The van der Waals surface area contributed by atoms with Crippen LogP contribution in [0.3, 0.4) is 0 Å². The van der Waals surface area contributed by atoms with Crippen LogP contribution in [0.4, 0.5) is 11.4 Å². The fourth-order valence-electron chi connectivity index (χ4n) is 5.83. The smallest absolute Gasteiger partial charge is 0.271 e. The standard InChI is InChI=1S/C28H20BrN3O5/c1-15-6-11-19(32(36)37)14-21(15)31-27(34)22-23(28(31)35)25(26(33)17-7-9-18(29)10-8-17)30-13-12-16-4-2-3-5-20(16)24(22)30/h2-14,22-25H,1H3/t22-,23+,24+,25-/m0/s1. The van der Waals surface area contributed by atoms with E-state index >= 15 is 0 Å². The van der Waals surface area contributed by atoms with Crippen LogP contribution < -0.4 is 4.90 Å². The van der Waals surface area contributed by atoms with Gasteiger partial charge in [0.2, 0.25) is 11.8 Å². The van der Waals surface area contributed by atoms with Gasteiger partial charge >= 0.3 is 0 Å². The average molecular weight is 558 g/mol. The fraction of sp³-hybridized carbons (Fsp3) is 0.179. The largest absolute Gasteiger partial charge is 0.358 e. The molecule has 0 aromatic heterocycles. The van der Waals surface area contributed by atoms with E-state index in [-0.39, 0.29) is 17.2 Å². The summed E-state index contributed by atoms with van der Waals surface area (Å²) in [5.41, 5.74) is 2.75. The molecule has 2 fully saturated rings. The van der Waals surface area contributed by atoms with Crippen LogP contribution in [0.15, 0.2) is 77.4 Å². The Morgan fingerprint density at radius 2 is 1.68 bits per heavy atom. The molecule has 0 unspecified atom stereocenters. The van der Waals surface area contributed by atoms with E-state index in [9.17, 15) is 24.5 Å². The Morgan fingerprint density at radius 1 is 0.973 bits per heavy atom. The molecule has 3 aliphatic rings. The summed E-state index contributed by atoms with van der Waals surface area (Å²) in [6.07, 6.45) is 3.70. The van der Waals surface area contributed by atoms with Crippen molar-refractivity contribution in [2.24, 2.45) is 11.8 Å². The molecule has 0 aliphatic carbocycles. The topological polar surface area (TPSA) is 101 Å². The lowest BCUT2D eigenvalue weighted by Crippen LogP contribution is -2.44. The van der Waals surface area contributed by atoms with Crippen LogP contribution in [0.5, 0.6) is 0 Å². The van der Waals surface area contributed by atoms with Crippen molar-refractivity contribution in [2.45, 2.75) is 19.0 Å². The van der Waals surface area contributed by atoms with Crippen LogP contribution in [0.2, 0.25) is 0 Å². The molecule has 8 nitrogen and oxygen atoms in total. The highest BCUT2D eigenvalue weighted by Gasteiger charge is 2.64. The summed E-state index contributed by atoms with van der Waals surface area (Å²) >= 11 is 3.38. The maximum atomic E-state index is 14.0. The molecule has 0 bridgehead atoms.